The van der Waals surface area contributed by atoms with Gasteiger partial charge in [-0.1, -0.05) is 19.0 Å². The molecule has 1 N–H and O–H groups in total. The zero-order valence-electron chi connectivity index (χ0n) is 10.7. The molecule has 0 bridgehead atoms. The van der Waals surface area contributed by atoms with Gasteiger partial charge in [0.1, 0.15) is 5.82 Å². The SMILES string of the molecule is Cc1cc(-c2nc(CNC(C)C)no2)ccc1F. The second kappa shape index (κ2) is 5.27. The van der Waals surface area contributed by atoms with Crippen molar-refractivity contribution in [2.75, 3.05) is 0 Å². The third-order valence-electron chi connectivity index (χ3n) is 2.54. The van der Waals surface area contributed by atoms with E-state index in [-0.39, 0.29) is 5.82 Å². The van der Waals surface area contributed by atoms with Gasteiger partial charge in [0.15, 0.2) is 5.82 Å². The summed E-state index contributed by atoms with van der Waals surface area (Å²) in [6.07, 6.45) is 0. The van der Waals surface area contributed by atoms with Crippen LogP contribution in [0.3, 0.4) is 0 Å². The number of hydrogen-bond donors (Lipinski definition) is 1. The molecule has 0 aliphatic heterocycles. The minimum Gasteiger partial charge on any atom is -0.334 e. The van der Waals surface area contributed by atoms with Crippen LogP contribution in [0.2, 0.25) is 0 Å². The fourth-order valence-corrected chi connectivity index (χ4v) is 1.52. The Kier molecular flexibility index (Phi) is 3.72. The summed E-state index contributed by atoms with van der Waals surface area (Å²) < 4.78 is 18.3. The predicted molar refractivity (Wildman–Crippen MR) is 66.4 cm³/mol. The first kappa shape index (κ1) is 12.7. The van der Waals surface area contributed by atoms with Crippen LogP contribution < -0.4 is 5.32 Å². The maximum Gasteiger partial charge on any atom is 0.257 e. The van der Waals surface area contributed by atoms with Gasteiger partial charge in [-0.15, -0.1) is 0 Å². The Bertz CT molecular complexity index is 537. The van der Waals surface area contributed by atoms with E-state index >= 15 is 0 Å². The second-order valence-electron chi connectivity index (χ2n) is 4.52. The number of nitrogens with zero attached hydrogens (tertiary/aromatic N) is 2. The van der Waals surface area contributed by atoms with Crippen molar-refractivity contribution >= 4 is 0 Å². The van der Waals surface area contributed by atoms with Gasteiger partial charge in [-0.25, -0.2) is 4.39 Å². The maximum atomic E-state index is 13.2. The monoisotopic (exact) mass is 249 g/mol. The molecule has 18 heavy (non-hydrogen) atoms. The van der Waals surface area contributed by atoms with Gasteiger partial charge in [0, 0.05) is 11.6 Å². The molecule has 0 amide bonds. The van der Waals surface area contributed by atoms with Crippen molar-refractivity contribution in [1.29, 1.82) is 0 Å². The molecule has 1 aromatic heterocycles. The van der Waals surface area contributed by atoms with E-state index in [2.05, 4.69) is 15.5 Å². The molecule has 96 valence electrons. The molecule has 5 heteroatoms. The first-order valence-electron chi connectivity index (χ1n) is 5.89. The molecule has 0 aliphatic rings. The minimum atomic E-state index is -0.236. The normalized spacial score (nSPS) is 11.2. The van der Waals surface area contributed by atoms with Gasteiger partial charge >= 0.3 is 0 Å². The Labute approximate surface area is 105 Å². The van der Waals surface area contributed by atoms with E-state index in [0.29, 0.717) is 29.9 Å². The highest BCUT2D eigenvalue weighted by Crippen LogP contribution is 2.19. The van der Waals surface area contributed by atoms with Crippen LogP contribution in [-0.4, -0.2) is 16.2 Å². The number of benzene rings is 1. The molecule has 2 rings (SSSR count). The number of halogens is 1. The van der Waals surface area contributed by atoms with E-state index < -0.39 is 0 Å². The Morgan fingerprint density at radius 2 is 2.17 bits per heavy atom. The van der Waals surface area contributed by atoms with Gasteiger partial charge in [-0.05, 0) is 30.7 Å². The van der Waals surface area contributed by atoms with Crippen LogP contribution in [0.5, 0.6) is 0 Å². The molecule has 0 saturated carbocycles. The van der Waals surface area contributed by atoms with Crippen LogP contribution >= 0.6 is 0 Å². The molecule has 0 saturated heterocycles. The summed E-state index contributed by atoms with van der Waals surface area (Å²) in [6, 6.07) is 5.10. The largest absolute Gasteiger partial charge is 0.334 e. The summed E-state index contributed by atoms with van der Waals surface area (Å²) in [4.78, 5) is 4.26. The van der Waals surface area contributed by atoms with Crippen molar-refractivity contribution in [1.82, 2.24) is 15.5 Å². The standard InChI is InChI=1S/C13H16FN3O/c1-8(2)15-7-12-16-13(18-17-12)10-4-5-11(14)9(3)6-10/h4-6,8,15H,7H2,1-3H3. The number of nitrogens with one attached hydrogen (secondary N) is 1. The molecule has 2 aromatic rings. The van der Waals surface area contributed by atoms with Crippen LogP contribution in [0, 0.1) is 12.7 Å². The molecule has 0 spiro atoms. The lowest BCUT2D eigenvalue weighted by Gasteiger charge is -2.03. The van der Waals surface area contributed by atoms with Crippen LogP contribution in [0.1, 0.15) is 25.2 Å². The average molecular weight is 249 g/mol. The molecule has 1 heterocycles. The van der Waals surface area contributed by atoms with Crippen LogP contribution in [0.15, 0.2) is 22.7 Å². The van der Waals surface area contributed by atoms with Gasteiger partial charge in [-0.2, -0.15) is 4.98 Å². The van der Waals surface area contributed by atoms with E-state index in [1.807, 2.05) is 13.8 Å². The van der Waals surface area contributed by atoms with Gasteiger partial charge in [0.05, 0.1) is 6.54 Å². The molecular weight excluding hydrogens is 233 g/mol. The van der Waals surface area contributed by atoms with Crippen LogP contribution in [0.25, 0.3) is 11.5 Å². The van der Waals surface area contributed by atoms with Crippen molar-refractivity contribution < 1.29 is 8.91 Å². The van der Waals surface area contributed by atoms with E-state index in [0.717, 1.165) is 5.56 Å². The summed E-state index contributed by atoms with van der Waals surface area (Å²) in [5.74, 6) is 0.777. The topological polar surface area (TPSA) is 51.0 Å². The van der Waals surface area contributed by atoms with Crippen molar-refractivity contribution in [2.45, 2.75) is 33.4 Å². The van der Waals surface area contributed by atoms with E-state index in [1.54, 1.807) is 19.1 Å². The lowest BCUT2D eigenvalue weighted by Crippen LogP contribution is -2.22. The number of hydrogen-bond acceptors (Lipinski definition) is 4. The first-order chi connectivity index (χ1) is 8.56. The third kappa shape index (κ3) is 2.92. The highest BCUT2D eigenvalue weighted by Gasteiger charge is 2.10. The summed E-state index contributed by atoms with van der Waals surface area (Å²) in [5.41, 5.74) is 1.30. The van der Waals surface area contributed by atoms with Gasteiger partial charge in [0.2, 0.25) is 0 Å². The van der Waals surface area contributed by atoms with Gasteiger partial charge in [-0.3, -0.25) is 0 Å². The molecule has 1 aromatic carbocycles. The predicted octanol–water partition coefficient (Wildman–Crippen LogP) is 2.68. The van der Waals surface area contributed by atoms with Gasteiger partial charge < -0.3 is 9.84 Å². The maximum absolute atomic E-state index is 13.2. The van der Waals surface area contributed by atoms with Crippen LogP contribution in [-0.2, 0) is 6.54 Å². The van der Waals surface area contributed by atoms with Crippen LogP contribution in [0.4, 0.5) is 4.39 Å². The molecule has 0 atom stereocenters. The quantitative estimate of drug-likeness (QED) is 0.905. The van der Waals surface area contributed by atoms with Gasteiger partial charge in [0.25, 0.3) is 5.89 Å². The van der Waals surface area contributed by atoms with Crippen molar-refractivity contribution in [3.05, 3.63) is 35.4 Å². The van der Waals surface area contributed by atoms with E-state index in [1.165, 1.54) is 6.07 Å². The molecule has 0 unspecified atom stereocenters. The second-order valence-corrected chi connectivity index (χ2v) is 4.52. The Balaban J connectivity index is 2.16. The lowest BCUT2D eigenvalue weighted by molar-refractivity contribution is 0.417. The first-order valence-corrected chi connectivity index (χ1v) is 5.89. The van der Waals surface area contributed by atoms with Crippen molar-refractivity contribution in [3.8, 4) is 11.5 Å². The molecular formula is C13H16FN3O. The Hall–Kier alpha value is -1.75. The highest BCUT2D eigenvalue weighted by atomic mass is 19.1. The molecule has 0 aliphatic carbocycles. The van der Waals surface area contributed by atoms with Crippen molar-refractivity contribution in [2.24, 2.45) is 0 Å². The molecule has 0 radical (unpaired) electrons. The van der Waals surface area contributed by atoms with Crippen molar-refractivity contribution in [3.63, 3.8) is 0 Å². The summed E-state index contributed by atoms with van der Waals surface area (Å²) in [5, 5.41) is 7.08. The number of aryl methyl sites for hydroxylation is 1. The molecule has 0 fully saturated rings. The zero-order valence-corrected chi connectivity index (χ0v) is 10.7. The number of rotatable bonds is 4. The average Bonchev–Trinajstić information content (AvgIpc) is 2.79. The van der Waals surface area contributed by atoms with E-state index in [4.69, 9.17) is 4.52 Å². The molecule has 4 nitrogen and oxygen atoms in total. The Morgan fingerprint density at radius 3 is 2.83 bits per heavy atom. The van der Waals surface area contributed by atoms with E-state index in [9.17, 15) is 4.39 Å². The summed E-state index contributed by atoms with van der Waals surface area (Å²) in [7, 11) is 0. The minimum absolute atomic E-state index is 0.236. The fraction of sp³-hybridized carbons (Fsp3) is 0.385. The summed E-state index contributed by atoms with van der Waals surface area (Å²) in [6.45, 7) is 6.35. The lowest BCUT2D eigenvalue weighted by atomic mass is 10.1. The third-order valence-corrected chi connectivity index (χ3v) is 2.54. The zero-order chi connectivity index (χ0) is 13.1. The fourth-order valence-electron chi connectivity index (χ4n) is 1.52. The number of aromatic nitrogens is 2. The smallest absolute Gasteiger partial charge is 0.257 e. The highest BCUT2D eigenvalue weighted by molar-refractivity contribution is 5.54. The Morgan fingerprint density at radius 1 is 1.39 bits per heavy atom. The summed E-state index contributed by atoms with van der Waals surface area (Å²) >= 11 is 0.